The monoisotopic (exact) mass is 315 g/mol. The molecule has 1 rings (SSSR count). The summed E-state index contributed by atoms with van der Waals surface area (Å²) in [6, 6.07) is -0.685. The molecule has 1 aliphatic heterocycles. The van der Waals surface area contributed by atoms with Gasteiger partial charge in [0.1, 0.15) is 11.6 Å². The van der Waals surface area contributed by atoms with Crippen LogP contribution in [0.2, 0.25) is 0 Å². The van der Waals surface area contributed by atoms with Crippen LogP contribution in [0.1, 0.15) is 41.0 Å². The number of rotatable bonds is 5. The zero-order valence-electron chi connectivity index (χ0n) is 13.3. The Labute approximate surface area is 130 Å². The number of carbonyl (C=O) groups excluding carboxylic acids is 2. The maximum atomic E-state index is 12.1. The van der Waals surface area contributed by atoms with Crippen LogP contribution in [0.3, 0.4) is 0 Å². The molecule has 0 saturated heterocycles. The first kappa shape index (κ1) is 17.9. The smallest absolute Gasteiger partial charge is 0.408 e. The second kappa shape index (κ2) is 7.73. The van der Waals surface area contributed by atoms with E-state index in [0.717, 1.165) is 5.75 Å². The summed E-state index contributed by atoms with van der Waals surface area (Å²) in [7, 11) is 0. The van der Waals surface area contributed by atoms with Crippen LogP contribution in [0.5, 0.6) is 0 Å². The maximum Gasteiger partial charge on any atom is 0.408 e. The van der Waals surface area contributed by atoms with Gasteiger partial charge in [0.25, 0.3) is 0 Å². The van der Waals surface area contributed by atoms with Crippen LogP contribution < -0.4 is 5.32 Å². The number of allylic oxidation sites excluding steroid dienone is 1. The van der Waals surface area contributed by atoms with Crippen LogP contribution >= 0.6 is 11.8 Å². The van der Waals surface area contributed by atoms with Crippen LogP contribution in [0, 0.1) is 5.92 Å². The Morgan fingerprint density at radius 1 is 1.38 bits per heavy atom. The van der Waals surface area contributed by atoms with Crippen LogP contribution in [0.15, 0.2) is 11.5 Å². The molecule has 1 heterocycles. The number of ether oxygens (including phenoxy) is 2. The SMILES string of the molecule is CC(C)OC(=O)[C@@H](CC1C=CSC1)NC(=O)OC(C)(C)C. The van der Waals surface area contributed by atoms with Crippen molar-refractivity contribution >= 4 is 23.8 Å². The summed E-state index contributed by atoms with van der Waals surface area (Å²) in [5.41, 5.74) is -0.598. The van der Waals surface area contributed by atoms with Gasteiger partial charge in [0.2, 0.25) is 0 Å². The predicted molar refractivity (Wildman–Crippen MR) is 84.1 cm³/mol. The molecule has 0 aromatic heterocycles. The minimum atomic E-state index is -0.685. The average molecular weight is 315 g/mol. The summed E-state index contributed by atoms with van der Waals surface area (Å²) >= 11 is 1.70. The van der Waals surface area contributed by atoms with Crippen LogP contribution in [-0.2, 0) is 14.3 Å². The lowest BCUT2D eigenvalue weighted by atomic mass is 10.0. The lowest BCUT2D eigenvalue weighted by molar-refractivity contribution is -0.150. The molecule has 120 valence electrons. The van der Waals surface area contributed by atoms with Crippen molar-refractivity contribution in [3.05, 3.63) is 11.5 Å². The van der Waals surface area contributed by atoms with Crippen molar-refractivity contribution in [2.45, 2.75) is 58.8 Å². The molecule has 6 heteroatoms. The normalized spacial score (nSPS) is 19.4. The van der Waals surface area contributed by atoms with Gasteiger partial charge in [0.15, 0.2) is 0 Å². The van der Waals surface area contributed by atoms with E-state index in [1.165, 1.54) is 0 Å². The number of alkyl carbamates (subject to hydrolysis) is 1. The molecule has 0 aromatic rings. The lowest BCUT2D eigenvalue weighted by Gasteiger charge is -2.24. The number of carbonyl (C=O) groups is 2. The van der Waals surface area contributed by atoms with Crippen molar-refractivity contribution in [1.82, 2.24) is 5.32 Å². The van der Waals surface area contributed by atoms with Gasteiger partial charge in [-0.05, 0) is 52.4 Å². The van der Waals surface area contributed by atoms with Gasteiger partial charge in [-0.2, -0.15) is 0 Å². The van der Waals surface area contributed by atoms with Gasteiger partial charge in [-0.15, -0.1) is 11.8 Å². The maximum absolute atomic E-state index is 12.1. The molecule has 5 nitrogen and oxygen atoms in total. The standard InChI is InChI=1S/C15H25NO4S/c1-10(2)19-13(17)12(8-11-6-7-21-9-11)16-14(18)20-15(3,4)5/h6-7,10-12H,8-9H2,1-5H3,(H,16,18)/t11?,12-/m1/s1. The summed E-state index contributed by atoms with van der Waals surface area (Å²) in [5.74, 6) is 0.761. The minimum Gasteiger partial charge on any atom is -0.461 e. The van der Waals surface area contributed by atoms with E-state index >= 15 is 0 Å². The second-order valence-corrected chi connectivity index (χ2v) is 7.28. The zero-order chi connectivity index (χ0) is 16.0. The highest BCUT2D eigenvalue weighted by molar-refractivity contribution is 8.02. The van der Waals surface area contributed by atoms with E-state index in [1.54, 1.807) is 46.4 Å². The number of amides is 1. The number of hydrogen-bond acceptors (Lipinski definition) is 5. The Hall–Kier alpha value is -1.17. The van der Waals surface area contributed by atoms with Crippen molar-refractivity contribution in [2.24, 2.45) is 5.92 Å². The van der Waals surface area contributed by atoms with Gasteiger partial charge >= 0.3 is 12.1 Å². The van der Waals surface area contributed by atoms with E-state index in [4.69, 9.17) is 9.47 Å². The first-order valence-corrected chi connectivity index (χ1v) is 8.20. The molecule has 1 aliphatic rings. The number of hydrogen-bond donors (Lipinski definition) is 1. The Bertz CT molecular complexity index is 401. The molecule has 0 radical (unpaired) electrons. The van der Waals surface area contributed by atoms with Crippen molar-refractivity contribution in [1.29, 1.82) is 0 Å². The van der Waals surface area contributed by atoms with E-state index < -0.39 is 23.7 Å². The molecule has 1 amide bonds. The highest BCUT2D eigenvalue weighted by Gasteiger charge is 2.28. The largest absolute Gasteiger partial charge is 0.461 e. The average Bonchev–Trinajstić information content (AvgIpc) is 2.77. The van der Waals surface area contributed by atoms with Crippen molar-refractivity contribution < 1.29 is 19.1 Å². The summed E-state index contributed by atoms with van der Waals surface area (Å²) in [6.45, 7) is 8.92. The van der Waals surface area contributed by atoms with Gasteiger partial charge in [-0.3, -0.25) is 0 Å². The molecule has 0 fully saturated rings. The minimum absolute atomic E-state index is 0.214. The molecule has 0 aliphatic carbocycles. The Balaban J connectivity index is 2.64. The number of thioether (sulfide) groups is 1. The van der Waals surface area contributed by atoms with Crippen LogP contribution in [0.4, 0.5) is 4.79 Å². The van der Waals surface area contributed by atoms with Crippen molar-refractivity contribution in [2.75, 3.05) is 5.75 Å². The van der Waals surface area contributed by atoms with E-state index in [9.17, 15) is 9.59 Å². The molecule has 21 heavy (non-hydrogen) atoms. The Morgan fingerprint density at radius 2 is 2.05 bits per heavy atom. The molecule has 0 aromatic carbocycles. The van der Waals surface area contributed by atoms with E-state index in [-0.39, 0.29) is 12.0 Å². The predicted octanol–water partition coefficient (Wildman–Crippen LogP) is 3.10. The third-order valence-corrected chi connectivity index (χ3v) is 3.59. The molecule has 0 spiro atoms. The third-order valence-electron chi connectivity index (χ3n) is 2.62. The number of esters is 1. The van der Waals surface area contributed by atoms with Gasteiger partial charge in [-0.25, -0.2) is 9.59 Å². The summed E-state index contributed by atoms with van der Waals surface area (Å²) in [6.07, 6.45) is 1.77. The summed E-state index contributed by atoms with van der Waals surface area (Å²) < 4.78 is 10.4. The van der Waals surface area contributed by atoms with Crippen LogP contribution in [0.25, 0.3) is 0 Å². The molecule has 0 saturated carbocycles. The first-order chi connectivity index (χ1) is 9.67. The van der Waals surface area contributed by atoms with Gasteiger partial charge in [-0.1, -0.05) is 6.08 Å². The Kier molecular flexibility index (Phi) is 6.58. The molecule has 1 unspecified atom stereocenters. The fraction of sp³-hybridized carbons (Fsp3) is 0.733. The van der Waals surface area contributed by atoms with E-state index in [0.29, 0.717) is 6.42 Å². The fourth-order valence-corrected chi connectivity index (χ4v) is 2.77. The zero-order valence-corrected chi connectivity index (χ0v) is 14.2. The topological polar surface area (TPSA) is 64.6 Å². The van der Waals surface area contributed by atoms with Gasteiger partial charge in [0, 0.05) is 5.75 Å². The summed E-state index contributed by atoms with van der Waals surface area (Å²) in [4.78, 5) is 24.0. The molecule has 1 N–H and O–H groups in total. The summed E-state index contributed by atoms with van der Waals surface area (Å²) in [5, 5.41) is 4.64. The molecule has 2 atom stereocenters. The lowest BCUT2D eigenvalue weighted by Crippen LogP contribution is -2.45. The highest BCUT2D eigenvalue weighted by atomic mass is 32.2. The second-order valence-electron chi connectivity index (χ2n) is 6.34. The van der Waals surface area contributed by atoms with Gasteiger partial charge in [0.05, 0.1) is 6.10 Å². The Morgan fingerprint density at radius 3 is 2.52 bits per heavy atom. The van der Waals surface area contributed by atoms with Crippen LogP contribution in [-0.4, -0.2) is 35.6 Å². The van der Waals surface area contributed by atoms with Crippen molar-refractivity contribution in [3.8, 4) is 0 Å². The molecular weight excluding hydrogens is 290 g/mol. The van der Waals surface area contributed by atoms with E-state index in [1.807, 2.05) is 5.41 Å². The highest BCUT2D eigenvalue weighted by Crippen LogP contribution is 2.24. The van der Waals surface area contributed by atoms with Crippen molar-refractivity contribution in [3.63, 3.8) is 0 Å². The van der Waals surface area contributed by atoms with Gasteiger partial charge < -0.3 is 14.8 Å². The third kappa shape index (κ3) is 7.41. The first-order valence-electron chi connectivity index (χ1n) is 7.15. The fourth-order valence-electron chi connectivity index (χ4n) is 1.83. The molecular formula is C15H25NO4S. The molecule has 0 bridgehead atoms. The quantitative estimate of drug-likeness (QED) is 0.790. The van der Waals surface area contributed by atoms with E-state index in [2.05, 4.69) is 11.4 Å². The number of nitrogens with one attached hydrogen (secondary N) is 1.